The Balaban J connectivity index is 3.05. The number of pyridine rings is 1. The summed E-state index contributed by atoms with van der Waals surface area (Å²) in [7, 11) is 0. The molecule has 2 heterocycles. The minimum Gasteiger partial charge on any atom is -0.507 e. The van der Waals surface area contributed by atoms with E-state index in [4.69, 9.17) is 0 Å². The van der Waals surface area contributed by atoms with Gasteiger partial charge in [-0.2, -0.15) is 0 Å². The Kier molecular flexibility index (Phi) is 1.24. The molecule has 4 nitrogen and oxygen atoms in total. The second-order valence-corrected chi connectivity index (χ2v) is 2.68. The highest BCUT2D eigenvalue weighted by Crippen LogP contribution is 2.12. The fourth-order valence-electron chi connectivity index (χ4n) is 1.16. The summed E-state index contributed by atoms with van der Waals surface area (Å²) >= 11 is 0. The molecule has 0 spiro atoms. The van der Waals surface area contributed by atoms with Crippen LogP contribution in [0.4, 0.5) is 0 Å². The molecule has 2 N–H and O–H groups in total. The zero-order valence-electron chi connectivity index (χ0n) is 6.53. The minimum atomic E-state index is -0.189. The van der Waals surface area contributed by atoms with Gasteiger partial charge in [-0.05, 0) is 6.92 Å². The molecule has 4 heteroatoms. The summed E-state index contributed by atoms with van der Waals surface area (Å²) in [5, 5.41) is 9.28. The first-order valence-electron chi connectivity index (χ1n) is 3.58. The van der Waals surface area contributed by atoms with Crippen LogP contribution in [-0.2, 0) is 0 Å². The number of nitrogens with zero attached hydrogens (tertiary/aromatic N) is 1. The molecule has 2 aromatic heterocycles. The summed E-state index contributed by atoms with van der Waals surface area (Å²) < 4.78 is 1.45. The van der Waals surface area contributed by atoms with Gasteiger partial charge in [-0.25, -0.2) is 0 Å². The molecule has 0 fully saturated rings. The predicted octanol–water partition coefficient (Wildman–Crippen LogP) is 0.642. The number of aromatic hydroxyl groups is 1. The Morgan fingerprint density at radius 1 is 1.58 bits per heavy atom. The molecule has 0 amide bonds. The van der Waals surface area contributed by atoms with Crippen LogP contribution in [0.25, 0.3) is 5.65 Å². The van der Waals surface area contributed by atoms with Gasteiger partial charge in [0.1, 0.15) is 11.4 Å². The van der Waals surface area contributed by atoms with E-state index in [1.54, 1.807) is 19.3 Å². The van der Waals surface area contributed by atoms with Gasteiger partial charge in [0.15, 0.2) is 0 Å². The SMILES string of the molecule is Cc1c(O)cc2[nH]ccn2c1=O. The van der Waals surface area contributed by atoms with E-state index in [0.717, 1.165) is 0 Å². The highest BCUT2D eigenvalue weighted by Gasteiger charge is 2.04. The van der Waals surface area contributed by atoms with E-state index in [1.165, 1.54) is 10.5 Å². The van der Waals surface area contributed by atoms with E-state index in [2.05, 4.69) is 4.98 Å². The zero-order valence-corrected chi connectivity index (χ0v) is 6.53. The molecule has 0 aliphatic heterocycles. The molecule has 2 aromatic rings. The number of hydrogen-bond donors (Lipinski definition) is 2. The molecule has 0 aromatic carbocycles. The Hall–Kier alpha value is -1.71. The molecule has 0 aliphatic rings. The van der Waals surface area contributed by atoms with Crippen LogP contribution >= 0.6 is 0 Å². The lowest BCUT2D eigenvalue weighted by Gasteiger charge is -1.97. The molecule has 62 valence electrons. The number of rotatable bonds is 0. The highest BCUT2D eigenvalue weighted by molar-refractivity contribution is 5.46. The van der Waals surface area contributed by atoms with E-state index in [-0.39, 0.29) is 11.3 Å². The van der Waals surface area contributed by atoms with E-state index in [0.29, 0.717) is 11.2 Å². The molecule has 0 saturated carbocycles. The molecule has 2 rings (SSSR count). The summed E-state index contributed by atoms with van der Waals surface area (Å²) in [6.07, 6.45) is 3.28. The number of H-pyrrole nitrogens is 1. The topological polar surface area (TPSA) is 57.5 Å². The van der Waals surface area contributed by atoms with Crippen molar-refractivity contribution < 1.29 is 5.11 Å². The average Bonchev–Trinajstić information content (AvgIpc) is 2.48. The van der Waals surface area contributed by atoms with Gasteiger partial charge in [-0.1, -0.05) is 0 Å². The molecule has 0 bridgehead atoms. The van der Waals surface area contributed by atoms with Gasteiger partial charge in [0, 0.05) is 18.5 Å². The van der Waals surface area contributed by atoms with Crippen LogP contribution in [0.2, 0.25) is 0 Å². The predicted molar refractivity (Wildman–Crippen MR) is 44.4 cm³/mol. The average molecular weight is 164 g/mol. The Morgan fingerprint density at radius 3 is 3.08 bits per heavy atom. The van der Waals surface area contributed by atoms with Crippen LogP contribution in [0.3, 0.4) is 0 Å². The van der Waals surface area contributed by atoms with Crippen molar-refractivity contribution in [1.82, 2.24) is 9.38 Å². The third-order valence-corrected chi connectivity index (χ3v) is 1.91. The Labute approximate surface area is 68.1 Å². The van der Waals surface area contributed by atoms with Crippen LogP contribution in [0, 0.1) is 6.92 Å². The first-order chi connectivity index (χ1) is 5.70. The number of aromatic amines is 1. The normalized spacial score (nSPS) is 10.8. The Bertz CT molecular complexity index is 481. The van der Waals surface area contributed by atoms with Crippen molar-refractivity contribution in [2.24, 2.45) is 0 Å². The largest absolute Gasteiger partial charge is 0.507 e. The van der Waals surface area contributed by atoms with Crippen molar-refractivity contribution in [1.29, 1.82) is 0 Å². The van der Waals surface area contributed by atoms with Gasteiger partial charge in [0.05, 0.1) is 5.56 Å². The highest BCUT2D eigenvalue weighted by atomic mass is 16.3. The number of hydrogen-bond acceptors (Lipinski definition) is 2. The van der Waals surface area contributed by atoms with Crippen LogP contribution in [0.1, 0.15) is 5.56 Å². The van der Waals surface area contributed by atoms with Gasteiger partial charge in [-0.15, -0.1) is 0 Å². The fourth-order valence-corrected chi connectivity index (χ4v) is 1.16. The lowest BCUT2D eigenvalue weighted by molar-refractivity contribution is 0.469. The lowest BCUT2D eigenvalue weighted by Crippen LogP contribution is -2.13. The minimum absolute atomic E-state index is 0.0300. The van der Waals surface area contributed by atoms with Crippen molar-refractivity contribution in [2.45, 2.75) is 6.92 Å². The first-order valence-corrected chi connectivity index (χ1v) is 3.58. The summed E-state index contributed by atoms with van der Waals surface area (Å²) in [5.74, 6) is 0.0300. The molecular weight excluding hydrogens is 156 g/mol. The fraction of sp³-hybridized carbons (Fsp3) is 0.125. The van der Waals surface area contributed by atoms with Crippen molar-refractivity contribution in [2.75, 3.05) is 0 Å². The summed E-state index contributed by atoms with van der Waals surface area (Å²) in [6.45, 7) is 1.59. The molecule has 0 saturated heterocycles. The molecule has 0 aliphatic carbocycles. The maximum atomic E-state index is 11.4. The van der Waals surface area contributed by atoms with Crippen LogP contribution in [0.15, 0.2) is 23.3 Å². The van der Waals surface area contributed by atoms with Crippen molar-refractivity contribution in [3.8, 4) is 5.75 Å². The summed E-state index contributed by atoms with van der Waals surface area (Å²) in [6, 6.07) is 1.52. The number of nitrogens with one attached hydrogen (secondary N) is 1. The van der Waals surface area contributed by atoms with Crippen LogP contribution < -0.4 is 5.56 Å². The maximum absolute atomic E-state index is 11.4. The molecule has 0 unspecified atom stereocenters. The van der Waals surface area contributed by atoms with Gasteiger partial charge in [0.2, 0.25) is 0 Å². The third kappa shape index (κ3) is 0.747. The summed E-state index contributed by atoms with van der Waals surface area (Å²) in [4.78, 5) is 14.2. The summed E-state index contributed by atoms with van der Waals surface area (Å²) in [5.41, 5.74) is 0.779. The Morgan fingerprint density at radius 2 is 2.33 bits per heavy atom. The van der Waals surface area contributed by atoms with Gasteiger partial charge in [0.25, 0.3) is 5.56 Å². The van der Waals surface area contributed by atoms with E-state index < -0.39 is 0 Å². The molecule has 12 heavy (non-hydrogen) atoms. The van der Waals surface area contributed by atoms with Crippen molar-refractivity contribution >= 4 is 5.65 Å². The van der Waals surface area contributed by atoms with Gasteiger partial charge < -0.3 is 10.1 Å². The van der Waals surface area contributed by atoms with Gasteiger partial charge in [-0.3, -0.25) is 9.20 Å². The van der Waals surface area contributed by atoms with E-state index >= 15 is 0 Å². The van der Waals surface area contributed by atoms with Crippen LogP contribution in [0.5, 0.6) is 5.75 Å². The second kappa shape index (κ2) is 2.14. The number of fused-ring (bicyclic) bond motifs is 1. The molecule has 0 atom stereocenters. The smallest absolute Gasteiger partial charge is 0.262 e. The zero-order chi connectivity index (χ0) is 8.72. The number of imidazole rings is 1. The monoisotopic (exact) mass is 164 g/mol. The molecule has 0 radical (unpaired) electrons. The van der Waals surface area contributed by atoms with Crippen molar-refractivity contribution in [3.63, 3.8) is 0 Å². The maximum Gasteiger partial charge on any atom is 0.262 e. The van der Waals surface area contributed by atoms with Crippen molar-refractivity contribution in [3.05, 3.63) is 34.4 Å². The molecular formula is C8H8N2O2. The second-order valence-electron chi connectivity index (χ2n) is 2.68. The van der Waals surface area contributed by atoms with E-state index in [9.17, 15) is 9.90 Å². The lowest BCUT2D eigenvalue weighted by atomic mass is 10.3. The first kappa shape index (κ1) is 6.97. The van der Waals surface area contributed by atoms with Gasteiger partial charge >= 0.3 is 0 Å². The third-order valence-electron chi connectivity index (χ3n) is 1.91. The van der Waals surface area contributed by atoms with Crippen LogP contribution in [-0.4, -0.2) is 14.5 Å². The number of aromatic nitrogens is 2. The van der Waals surface area contributed by atoms with E-state index in [1.807, 2.05) is 0 Å². The quantitative estimate of drug-likeness (QED) is 0.600. The standard InChI is InChI=1S/C8H8N2O2/c1-5-6(11)4-7-9-2-3-10(7)8(5)12/h2-4,9,11H,1H3.